The lowest BCUT2D eigenvalue weighted by molar-refractivity contribution is 0.254. The standard InChI is InChI=1S/C14H22N2O/c1-2-3-7-15-8-10-16(11-9-15)13-5-4-6-14(17)12-13/h4-6,12,17H,2-3,7-11H2,1H3. The molecule has 0 amide bonds. The minimum atomic E-state index is 0.357. The number of unbranched alkanes of at least 4 members (excludes halogenated alkanes) is 1. The van der Waals surface area contributed by atoms with Gasteiger partial charge >= 0.3 is 0 Å². The highest BCUT2D eigenvalue weighted by Crippen LogP contribution is 2.21. The van der Waals surface area contributed by atoms with Gasteiger partial charge in [-0.3, -0.25) is 4.90 Å². The molecule has 1 N–H and O–H groups in total. The quantitative estimate of drug-likeness (QED) is 0.866. The Morgan fingerprint density at radius 2 is 1.94 bits per heavy atom. The Morgan fingerprint density at radius 1 is 1.18 bits per heavy atom. The molecule has 0 unspecified atom stereocenters. The second-order valence-electron chi connectivity index (χ2n) is 4.70. The lowest BCUT2D eigenvalue weighted by Crippen LogP contribution is -2.46. The van der Waals surface area contributed by atoms with Gasteiger partial charge in [-0.25, -0.2) is 0 Å². The van der Waals surface area contributed by atoms with Gasteiger partial charge in [-0.2, -0.15) is 0 Å². The van der Waals surface area contributed by atoms with Crippen LogP contribution in [0.25, 0.3) is 0 Å². The molecule has 0 radical (unpaired) electrons. The maximum absolute atomic E-state index is 9.47. The van der Waals surface area contributed by atoms with E-state index in [1.165, 1.54) is 19.4 Å². The SMILES string of the molecule is CCCCN1CCN(c2cccc(O)c2)CC1. The van der Waals surface area contributed by atoms with Crippen LogP contribution in [0.3, 0.4) is 0 Å². The number of phenolic OH excluding ortho intramolecular Hbond substituents is 1. The molecule has 1 aromatic rings. The minimum Gasteiger partial charge on any atom is -0.508 e. The third kappa shape index (κ3) is 3.37. The zero-order valence-corrected chi connectivity index (χ0v) is 10.6. The molecule has 1 aromatic carbocycles. The molecule has 0 spiro atoms. The highest BCUT2D eigenvalue weighted by atomic mass is 16.3. The van der Waals surface area contributed by atoms with E-state index in [0.29, 0.717) is 5.75 Å². The van der Waals surface area contributed by atoms with Crippen molar-refractivity contribution in [2.45, 2.75) is 19.8 Å². The smallest absolute Gasteiger partial charge is 0.117 e. The summed E-state index contributed by atoms with van der Waals surface area (Å²) in [5, 5.41) is 9.47. The molecule has 0 atom stereocenters. The maximum Gasteiger partial charge on any atom is 0.117 e. The van der Waals surface area contributed by atoms with E-state index in [0.717, 1.165) is 31.9 Å². The molecule has 1 aliphatic heterocycles. The Balaban J connectivity index is 1.86. The van der Waals surface area contributed by atoms with Crippen LogP contribution < -0.4 is 4.90 Å². The van der Waals surface area contributed by atoms with Gasteiger partial charge in [-0.15, -0.1) is 0 Å². The first-order valence-electron chi connectivity index (χ1n) is 6.56. The lowest BCUT2D eigenvalue weighted by Gasteiger charge is -2.36. The van der Waals surface area contributed by atoms with Crippen molar-refractivity contribution in [3.8, 4) is 5.75 Å². The topological polar surface area (TPSA) is 26.7 Å². The van der Waals surface area contributed by atoms with Crippen LogP contribution in [0.5, 0.6) is 5.75 Å². The number of hydrogen-bond donors (Lipinski definition) is 1. The summed E-state index contributed by atoms with van der Waals surface area (Å²) in [7, 11) is 0. The first-order chi connectivity index (χ1) is 8.29. The van der Waals surface area contributed by atoms with Gasteiger partial charge in [-0.05, 0) is 25.1 Å². The van der Waals surface area contributed by atoms with Crippen LogP contribution in [0.2, 0.25) is 0 Å². The number of benzene rings is 1. The van der Waals surface area contributed by atoms with Crippen molar-refractivity contribution in [1.29, 1.82) is 0 Å². The van der Waals surface area contributed by atoms with Gasteiger partial charge < -0.3 is 10.0 Å². The molecule has 2 rings (SSSR count). The summed E-state index contributed by atoms with van der Waals surface area (Å²) in [6, 6.07) is 7.55. The Bertz CT molecular complexity index is 346. The van der Waals surface area contributed by atoms with E-state index < -0.39 is 0 Å². The zero-order chi connectivity index (χ0) is 12.1. The summed E-state index contributed by atoms with van der Waals surface area (Å²) >= 11 is 0. The summed E-state index contributed by atoms with van der Waals surface area (Å²) < 4.78 is 0. The van der Waals surface area contributed by atoms with Crippen LogP contribution in [0.15, 0.2) is 24.3 Å². The summed E-state index contributed by atoms with van der Waals surface area (Å²) in [6.45, 7) is 7.86. The summed E-state index contributed by atoms with van der Waals surface area (Å²) in [4.78, 5) is 4.88. The van der Waals surface area contributed by atoms with Crippen molar-refractivity contribution >= 4 is 5.69 Å². The van der Waals surface area contributed by atoms with Crippen LogP contribution in [0.1, 0.15) is 19.8 Å². The third-order valence-corrected chi connectivity index (χ3v) is 3.40. The number of piperazine rings is 1. The highest BCUT2D eigenvalue weighted by molar-refractivity contribution is 5.50. The molecule has 1 fully saturated rings. The first kappa shape index (κ1) is 12.2. The third-order valence-electron chi connectivity index (χ3n) is 3.40. The van der Waals surface area contributed by atoms with E-state index >= 15 is 0 Å². The van der Waals surface area contributed by atoms with Gasteiger partial charge in [0.05, 0.1) is 0 Å². The van der Waals surface area contributed by atoms with Crippen molar-refractivity contribution in [2.75, 3.05) is 37.6 Å². The molecule has 94 valence electrons. The summed E-state index contributed by atoms with van der Waals surface area (Å²) in [6.07, 6.45) is 2.57. The van der Waals surface area contributed by atoms with Crippen molar-refractivity contribution in [3.63, 3.8) is 0 Å². The molecule has 1 heterocycles. The molecule has 3 nitrogen and oxygen atoms in total. The number of hydrogen-bond acceptors (Lipinski definition) is 3. The minimum absolute atomic E-state index is 0.357. The molecule has 1 aliphatic rings. The number of anilines is 1. The normalized spacial score (nSPS) is 17.4. The first-order valence-corrected chi connectivity index (χ1v) is 6.56. The van der Waals surface area contributed by atoms with Crippen LogP contribution in [0.4, 0.5) is 5.69 Å². The van der Waals surface area contributed by atoms with Crippen molar-refractivity contribution in [1.82, 2.24) is 4.90 Å². The Hall–Kier alpha value is -1.22. The molecule has 0 aliphatic carbocycles. The van der Waals surface area contributed by atoms with E-state index in [-0.39, 0.29) is 0 Å². The van der Waals surface area contributed by atoms with Crippen LogP contribution >= 0.6 is 0 Å². The molecular weight excluding hydrogens is 212 g/mol. The van der Waals surface area contributed by atoms with E-state index in [1.807, 2.05) is 12.1 Å². The van der Waals surface area contributed by atoms with E-state index in [9.17, 15) is 5.11 Å². The van der Waals surface area contributed by atoms with Crippen LogP contribution in [-0.2, 0) is 0 Å². The number of aromatic hydroxyl groups is 1. The predicted molar refractivity (Wildman–Crippen MR) is 71.7 cm³/mol. The second kappa shape index (κ2) is 5.92. The van der Waals surface area contributed by atoms with Gasteiger partial charge in [0, 0.05) is 37.9 Å². The maximum atomic E-state index is 9.47. The van der Waals surface area contributed by atoms with E-state index in [1.54, 1.807) is 6.07 Å². The van der Waals surface area contributed by atoms with Crippen LogP contribution in [0, 0.1) is 0 Å². The second-order valence-corrected chi connectivity index (χ2v) is 4.70. The molecule has 1 saturated heterocycles. The Kier molecular flexibility index (Phi) is 4.26. The van der Waals surface area contributed by atoms with Crippen molar-refractivity contribution in [3.05, 3.63) is 24.3 Å². The van der Waals surface area contributed by atoms with Gasteiger partial charge in [0.2, 0.25) is 0 Å². The van der Waals surface area contributed by atoms with Gasteiger partial charge in [0.1, 0.15) is 5.75 Å². The largest absolute Gasteiger partial charge is 0.508 e. The fraction of sp³-hybridized carbons (Fsp3) is 0.571. The van der Waals surface area contributed by atoms with Crippen molar-refractivity contribution in [2.24, 2.45) is 0 Å². The zero-order valence-electron chi connectivity index (χ0n) is 10.6. The molecule has 0 saturated carbocycles. The predicted octanol–water partition coefficient (Wildman–Crippen LogP) is 2.31. The van der Waals surface area contributed by atoms with Crippen molar-refractivity contribution < 1.29 is 5.11 Å². The van der Waals surface area contributed by atoms with E-state index in [4.69, 9.17) is 0 Å². The number of phenols is 1. The molecular formula is C14H22N2O. The van der Waals surface area contributed by atoms with Crippen LogP contribution in [-0.4, -0.2) is 42.7 Å². The summed E-state index contributed by atoms with van der Waals surface area (Å²) in [5.74, 6) is 0.357. The Morgan fingerprint density at radius 3 is 2.59 bits per heavy atom. The number of nitrogens with zero attached hydrogens (tertiary/aromatic N) is 2. The highest BCUT2D eigenvalue weighted by Gasteiger charge is 2.16. The molecule has 0 bridgehead atoms. The fourth-order valence-corrected chi connectivity index (χ4v) is 2.30. The Labute approximate surface area is 104 Å². The number of rotatable bonds is 4. The average molecular weight is 234 g/mol. The van der Waals surface area contributed by atoms with Gasteiger partial charge in [0.25, 0.3) is 0 Å². The lowest BCUT2D eigenvalue weighted by atomic mass is 10.2. The van der Waals surface area contributed by atoms with Gasteiger partial charge in [0.15, 0.2) is 0 Å². The van der Waals surface area contributed by atoms with Gasteiger partial charge in [-0.1, -0.05) is 19.4 Å². The average Bonchev–Trinajstić information content (AvgIpc) is 2.37. The molecule has 17 heavy (non-hydrogen) atoms. The molecule has 0 aromatic heterocycles. The van der Waals surface area contributed by atoms with E-state index in [2.05, 4.69) is 22.8 Å². The molecule has 3 heteroatoms. The summed E-state index contributed by atoms with van der Waals surface area (Å²) in [5.41, 5.74) is 1.14. The fourth-order valence-electron chi connectivity index (χ4n) is 2.30. The monoisotopic (exact) mass is 234 g/mol.